The molecular formula is C35H43ClN8O4. The van der Waals surface area contributed by atoms with E-state index in [1.165, 1.54) is 0 Å². The molecule has 3 aromatic carbocycles. The van der Waals surface area contributed by atoms with Crippen LogP contribution in [0.1, 0.15) is 54.1 Å². The number of nitrogens with one attached hydrogen (secondary N) is 4. The number of nitrogens with two attached hydrogens (primary N) is 1. The van der Waals surface area contributed by atoms with Crippen LogP contribution in [-0.2, 0) is 16.0 Å². The van der Waals surface area contributed by atoms with Crippen LogP contribution < -0.4 is 21.7 Å². The number of benzene rings is 3. The molecule has 5 rings (SSSR count). The van der Waals surface area contributed by atoms with Crippen molar-refractivity contribution in [3.8, 4) is 22.5 Å². The van der Waals surface area contributed by atoms with E-state index < -0.39 is 6.04 Å². The molecule has 2 atom stereocenters. The third-order valence-corrected chi connectivity index (χ3v) is 8.80. The molecule has 48 heavy (non-hydrogen) atoms. The molecule has 0 bridgehead atoms. The smallest absolute Gasteiger partial charge is 0.251 e. The number of carbonyl (C=O) groups is 3. The molecule has 1 unspecified atom stereocenters. The number of aliphatic hydroxyl groups excluding tert-OH is 1. The predicted octanol–water partition coefficient (Wildman–Crippen LogP) is 3.81. The molecule has 13 heteroatoms. The molecule has 254 valence electrons. The first-order valence-electron chi connectivity index (χ1n) is 16.0. The van der Waals surface area contributed by atoms with Gasteiger partial charge in [-0.3, -0.25) is 14.4 Å². The number of aliphatic hydroxyl groups is 1. The molecule has 1 saturated carbocycles. The van der Waals surface area contributed by atoms with E-state index in [-0.39, 0.29) is 48.7 Å². The number of carbonyl (C=O) groups excluding carboxylic acids is 3. The standard InChI is InChI=1S/C35H42N8O4.ClH/c1-21-17-28(34(46)37-22(2)20-44)13-16-30(21)25-7-3-23(4-8-25)18-31(39-33(45)27-9-5-24(19-36)6-10-27)35(47)38-29-14-11-26(12-15-29)32-40-42-43-41-32;/h3-4,7-8,11-17,22,24,27,31,44H,5-6,9-10,18-20,36H2,1-2H3,(H,37,46)(H,38,47)(H,39,45)(H,40,41,42,43);1H/t22?,24-,27-,31-;/m0./s1. The zero-order valence-corrected chi connectivity index (χ0v) is 27.9. The molecule has 0 radical (unpaired) electrons. The molecule has 1 aromatic heterocycles. The van der Waals surface area contributed by atoms with Crippen molar-refractivity contribution >= 4 is 35.8 Å². The Labute approximate surface area is 286 Å². The van der Waals surface area contributed by atoms with Gasteiger partial charge in [-0.25, -0.2) is 5.10 Å². The molecule has 1 aliphatic rings. The van der Waals surface area contributed by atoms with E-state index in [2.05, 4.69) is 36.6 Å². The lowest BCUT2D eigenvalue weighted by Gasteiger charge is -2.28. The fraction of sp³-hybridized carbons (Fsp3) is 0.371. The second-order valence-corrected chi connectivity index (χ2v) is 12.3. The summed E-state index contributed by atoms with van der Waals surface area (Å²) in [5.74, 6) is 0.152. The Kier molecular flexibility index (Phi) is 12.8. The third-order valence-electron chi connectivity index (χ3n) is 8.80. The Morgan fingerprint density at radius 2 is 1.65 bits per heavy atom. The zero-order chi connectivity index (χ0) is 33.3. The summed E-state index contributed by atoms with van der Waals surface area (Å²) >= 11 is 0. The Morgan fingerprint density at radius 1 is 0.958 bits per heavy atom. The quantitative estimate of drug-likeness (QED) is 0.131. The van der Waals surface area contributed by atoms with Crippen molar-refractivity contribution in [1.82, 2.24) is 31.3 Å². The summed E-state index contributed by atoms with van der Waals surface area (Å²) < 4.78 is 0. The largest absolute Gasteiger partial charge is 0.394 e. The van der Waals surface area contributed by atoms with E-state index in [1.54, 1.807) is 37.3 Å². The second kappa shape index (κ2) is 17.0. The predicted molar refractivity (Wildman–Crippen MR) is 186 cm³/mol. The van der Waals surface area contributed by atoms with Crippen molar-refractivity contribution < 1.29 is 19.5 Å². The summed E-state index contributed by atoms with van der Waals surface area (Å²) in [5.41, 5.74) is 11.5. The van der Waals surface area contributed by atoms with Gasteiger partial charge in [-0.2, -0.15) is 0 Å². The van der Waals surface area contributed by atoms with Crippen LogP contribution in [0.5, 0.6) is 0 Å². The maximum atomic E-state index is 13.6. The lowest BCUT2D eigenvalue weighted by molar-refractivity contribution is -0.130. The van der Waals surface area contributed by atoms with Crippen molar-refractivity contribution in [3.05, 3.63) is 83.4 Å². The van der Waals surface area contributed by atoms with Crippen molar-refractivity contribution in [3.63, 3.8) is 0 Å². The fourth-order valence-electron chi connectivity index (χ4n) is 5.92. The minimum atomic E-state index is -0.792. The Morgan fingerprint density at radius 3 is 2.25 bits per heavy atom. The molecule has 0 aliphatic heterocycles. The average Bonchev–Trinajstić information content (AvgIpc) is 3.64. The number of halogens is 1. The van der Waals surface area contributed by atoms with E-state index in [4.69, 9.17) is 5.73 Å². The number of anilines is 1. The van der Waals surface area contributed by atoms with Gasteiger partial charge in [-0.1, -0.05) is 30.3 Å². The highest BCUT2D eigenvalue weighted by molar-refractivity contribution is 5.98. The molecule has 1 heterocycles. The number of tetrazole rings is 1. The van der Waals surface area contributed by atoms with E-state index in [0.29, 0.717) is 36.0 Å². The number of hydrogen-bond acceptors (Lipinski definition) is 8. The van der Waals surface area contributed by atoms with Crippen LogP contribution in [-0.4, -0.2) is 68.7 Å². The van der Waals surface area contributed by atoms with Gasteiger partial charge in [0.2, 0.25) is 11.8 Å². The number of amides is 3. The highest BCUT2D eigenvalue weighted by Gasteiger charge is 2.29. The molecule has 1 aliphatic carbocycles. The van der Waals surface area contributed by atoms with Crippen LogP contribution in [0.4, 0.5) is 5.69 Å². The van der Waals surface area contributed by atoms with Crippen molar-refractivity contribution in [2.45, 2.75) is 58.0 Å². The zero-order valence-electron chi connectivity index (χ0n) is 27.1. The van der Waals surface area contributed by atoms with Gasteiger partial charge in [0.25, 0.3) is 5.91 Å². The first-order valence-corrected chi connectivity index (χ1v) is 16.0. The van der Waals surface area contributed by atoms with E-state index >= 15 is 0 Å². The summed E-state index contributed by atoms with van der Waals surface area (Å²) in [4.78, 5) is 39.5. The van der Waals surface area contributed by atoms with E-state index in [9.17, 15) is 19.5 Å². The van der Waals surface area contributed by atoms with Gasteiger partial charge in [-0.15, -0.1) is 17.5 Å². The lowest BCUT2D eigenvalue weighted by atomic mass is 9.81. The monoisotopic (exact) mass is 674 g/mol. The van der Waals surface area contributed by atoms with Gasteiger partial charge in [0.05, 0.1) is 6.61 Å². The van der Waals surface area contributed by atoms with Crippen LogP contribution in [0.25, 0.3) is 22.5 Å². The molecule has 0 saturated heterocycles. The normalized spacial score (nSPS) is 17.0. The Bertz CT molecular complexity index is 1660. The minimum Gasteiger partial charge on any atom is -0.394 e. The lowest BCUT2D eigenvalue weighted by Crippen LogP contribution is -2.48. The molecular weight excluding hydrogens is 632 g/mol. The number of H-pyrrole nitrogens is 1. The highest BCUT2D eigenvalue weighted by Crippen LogP contribution is 2.29. The molecule has 12 nitrogen and oxygen atoms in total. The van der Waals surface area contributed by atoms with Crippen LogP contribution >= 0.6 is 12.4 Å². The second-order valence-electron chi connectivity index (χ2n) is 12.3. The summed E-state index contributed by atoms with van der Waals surface area (Å²) in [7, 11) is 0. The van der Waals surface area contributed by atoms with Crippen molar-refractivity contribution in [1.29, 1.82) is 0 Å². The fourth-order valence-corrected chi connectivity index (χ4v) is 5.92. The summed E-state index contributed by atoms with van der Waals surface area (Å²) in [6, 6.07) is 19.4. The van der Waals surface area contributed by atoms with Gasteiger partial charge in [0, 0.05) is 35.2 Å². The van der Waals surface area contributed by atoms with Gasteiger partial charge >= 0.3 is 0 Å². The van der Waals surface area contributed by atoms with Gasteiger partial charge in [0.15, 0.2) is 5.82 Å². The molecule has 3 amide bonds. The number of nitrogens with zero attached hydrogens (tertiary/aromatic N) is 3. The topological polar surface area (TPSA) is 188 Å². The first kappa shape index (κ1) is 36.2. The van der Waals surface area contributed by atoms with Crippen molar-refractivity contribution in [2.75, 3.05) is 18.5 Å². The first-order chi connectivity index (χ1) is 22.7. The number of rotatable bonds is 12. The van der Waals surface area contributed by atoms with Crippen LogP contribution in [0.3, 0.4) is 0 Å². The van der Waals surface area contributed by atoms with E-state index in [0.717, 1.165) is 53.5 Å². The Hall–Kier alpha value is -4.65. The SMILES string of the molecule is Cc1cc(C(=O)NC(C)CO)ccc1-c1ccc(C[C@H](NC(=O)[C@H]2CC[C@H](CN)CC2)C(=O)Nc2ccc(-c3nnn[nH]3)cc2)cc1.Cl. The number of hydrogen-bond donors (Lipinski definition) is 6. The van der Waals surface area contributed by atoms with Crippen LogP contribution in [0, 0.1) is 18.8 Å². The van der Waals surface area contributed by atoms with E-state index in [1.807, 2.05) is 43.3 Å². The van der Waals surface area contributed by atoms with Crippen molar-refractivity contribution in [2.24, 2.45) is 17.6 Å². The molecule has 4 aromatic rings. The maximum Gasteiger partial charge on any atom is 0.251 e. The van der Waals surface area contributed by atoms with Gasteiger partial charge in [-0.05, 0) is 121 Å². The minimum absolute atomic E-state index is 0. The Balaban J connectivity index is 0.00000520. The number of aromatic amines is 1. The molecule has 0 spiro atoms. The maximum absolute atomic E-state index is 13.6. The number of aryl methyl sites for hydroxylation is 1. The summed E-state index contributed by atoms with van der Waals surface area (Å²) in [5, 5.41) is 31.8. The van der Waals surface area contributed by atoms with Crippen LogP contribution in [0.2, 0.25) is 0 Å². The highest BCUT2D eigenvalue weighted by atomic mass is 35.5. The molecule has 1 fully saturated rings. The average molecular weight is 675 g/mol. The number of aromatic nitrogens is 4. The summed E-state index contributed by atoms with van der Waals surface area (Å²) in [6.45, 7) is 4.18. The van der Waals surface area contributed by atoms with Gasteiger partial charge < -0.3 is 26.8 Å². The van der Waals surface area contributed by atoms with Crippen LogP contribution in [0.15, 0.2) is 66.7 Å². The third kappa shape index (κ3) is 9.24. The molecule has 7 N–H and O–H groups in total. The summed E-state index contributed by atoms with van der Waals surface area (Å²) in [6.07, 6.45) is 3.64. The van der Waals surface area contributed by atoms with Gasteiger partial charge in [0.1, 0.15) is 6.04 Å².